The molecule has 21 heavy (non-hydrogen) atoms. The lowest BCUT2D eigenvalue weighted by Crippen LogP contribution is -2.31. The van der Waals surface area contributed by atoms with Crippen LogP contribution in [0.25, 0.3) is 0 Å². The Balaban J connectivity index is 2.39. The van der Waals surface area contributed by atoms with Crippen molar-refractivity contribution in [3.63, 3.8) is 0 Å². The first kappa shape index (κ1) is 14.8. The van der Waals surface area contributed by atoms with Crippen molar-refractivity contribution in [1.82, 2.24) is 0 Å². The van der Waals surface area contributed by atoms with Crippen LogP contribution in [0.5, 0.6) is 5.75 Å². The molecule has 0 fully saturated rings. The number of nitrogens with zero attached hydrogens (tertiary/aromatic N) is 1. The lowest BCUT2D eigenvalue weighted by atomic mass is 10.1. The number of hydrogen-bond donors (Lipinski definition) is 1. The number of benzene rings is 1. The smallest absolute Gasteiger partial charge is 0.338 e. The molecule has 0 saturated carbocycles. The van der Waals surface area contributed by atoms with Gasteiger partial charge in [-0.15, -0.1) is 0 Å². The Morgan fingerprint density at radius 1 is 1.62 bits per heavy atom. The third-order valence-electron chi connectivity index (χ3n) is 3.14. The van der Waals surface area contributed by atoms with Gasteiger partial charge in [-0.1, -0.05) is 12.2 Å². The second-order valence-electron chi connectivity index (χ2n) is 4.57. The average molecular weight is 292 g/mol. The van der Waals surface area contributed by atoms with Gasteiger partial charge in [0.05, 0.1) is 23.6 Å². The van der Waals surface area contributed by atoms with Gasteiger partial charge in [0.25, 0.3) is 5.69 Å². The summed E-state index contributed by atoms with van der Waals surface area (Å²) >= 11 is 0. The average Bonchev–Trinajstić information content (AvgIpc) is 2.50. The molecule has 1 aliphatic rings. The molecule has 112 valence electrons. The van der Waals surface area contributed by atoms with Crippen molar-refractivity contribution >= 4 is 17.3 Å². The van der Waals surface area contributed by atoms with E-state index in [0.29, 0.717) is 24.5 Å². The van der Waals surface area contributed by atoms with Crippen LogP contribution in [0.2, 0.25) is 0 Å². The normalized spacial score (nSPS) is 16.8. The van der Waals surface area contributed by atoms with Gasteiger partial charge < -0.3 is 14.8 Å². The zero-order valence-corrected chi connectivity index (χ0v) is 11.8. The first-order valence-corrected chi connectivity index (χ1v) is 6.48. The number of esters is 1. The molecular weight excluding hydrogens is 276 g/mol. The Morgan fingerprint density at radius 3 is 3.00 bits per heavy atom. The highest BCUT2D eigenvalue weighted by Crippen LogP contribution is 2.39. The van der Waals surface area contributed by atoms with Crippen LogP contribution in [0.1, 0.15) is 23.7 Å². The van der Waals surface area contributed by atoms with Crippen molar-refractivity contribution in [3.8, 4) is 5.75 Å². The maximum absolute atomic E-state index is 11.5. The molecule has 7 nitrogen and oxygen atoms in total. The minimum atomic E-state index is -0.638. The van der Waals surface area contributed by atoms with E-state index < -0.39 is 10.9 Å². The Morgan fingerprint density at radius 2 is 2.38 bits per heavy atom. The summed E-state index contributed by atoms with van der Waals surface area (Å²) in [4.78, 5) is 22.2. The summed E-state index contributed by atoms with van der Waals surface area (Å²) in [6.45, 7) is 2.28. The molecule has 1 atom stereocenters. The van der Waals surface area contributed by atoms with Gasteiger partial charge in [0.15, 0.2) is 5.69 Å². The van der Waals surface area contributed by atoms with Gasteiger partial charge in [-0.25, -0.2) is 4.79 Å². The fourth-order valence-electron chi connectivity index (χ4n) is 2.10. The maximum atomic E-state index is 11.5. The molecule has 1 aromatic rings. The molecule has 0 radical (unpaired) electrons. The van der Waals surface area contributed by atoms with Crippen LogP contribution < -0.4 is 10.1 Å². The van der Waals surface area contributed by atoms with Crippen LogP contribution in [-0.2, 0) is 4.74 Å². The predicted octanol–water partition coefficient (Wildman–Crippen LogP) is 2.52. The fraction of sp³-hybridized carbons (Fsp3) is 0.357. The molecule has 2 rings (SSSR count). The number of ether oxygens (including phenoxy) is 2. The van der Waals surface area contributed by atoms with Gasteiger partial charge in [0.1, 0.15) is 12.4 Å². The summed E-state index contributed by atoms with van der Waals surface area (Å²) in [5.74, 6) is -0.345. The zero-order valence-electron chi connectivity index (χ0n) is 11.8. The van der Waals surface area contributed by atoms with E-state index in [2.05, 4.69) is 10.1 Å². The summed E-state index contributed by atoms with van der Waals surface area (Å²) in [5.41, 5.74) is 0.197. The van der Waals surface area contributed by atoms with Crippen molar-refractivity contribution in [2.75, 3.05) is 19.0 Å². The number of fused-ring (bicyclic) bond motifs is 1. The first-order chi connectivity index (χ1) is 10.1. The standard InChI is InChI=1S/C14H16N2O5/c1-3-4-5-10-8-21-12-7-9(14(17)20-2)6-11(16(18)19)13(12)15-10/h3-4,6-7,10,15H,5,8H2,1-2H3. The van der Waals surface area contributed by atoms with E-state index in [4.69, 9.17) is 4.74 Å². The lowest BCUT2D eigenvalue weighted by Gasteiger charge is -2.26. The monoisotopic (exact) mass is 292 g/mol. The van der Waals surface area contributed by atoms with Gasteiger partial charge in [-0.3, -0.25) is 10.1 Å². The van der Waals surface area contributed by atoms with E-state index in [1.165, 1.54) is 19.2 Å². The van der Waals surface area contributed by atoms with E-state index in [0.717, 1.165) is 0 Å². The third-order valence-corrected chi connectivity index (χ3v) is 3.14. The topological polar surface area (TPSA) is 90.7 Å². The molecule has 1 N–H and O–H groups in total. The van der Waals surface area contributed by atoms with Crippen LogP contribution in [-0.4, -0.2) is 30.7 Å². The van der Waals surface area contributed by atoms with Crippen molar-refractivity contribution in [2.24, 2.45) is 0 Å². The molecule has 0 bridgehead atoms. The number of carbonyl (C=O) groups is 1. The number of methoxy groups -OCH3 is 1. The highest BCUT2D eigenvalue weighted by molar-refractivity contribution is 5.93. The van der Waals surface area contributed by atoms with E-state index in [9.17, 15) is 14.9 Å². The third kappa shape index (κ3) is 3.13. The Bertz CT molecular complexity index is 597. The summed E-state index contributed by atoms with van der Waals surface area (Å²) < 4.78 is 10.1. The number of carbonyl (C=O) groups excluding carboxylic acids is 1. The van der Waals surface area contributed by atoms with Gasteiger partial charge >= 0.3 is 5.97 Å². The molecule has 1 unspecified atom stereocenters. The Kier molecular flexibility index (Phi) is 4.42. The molecule has 0 aromatic heterocycles. The molecule has 1 heterocycles. The van der Waals surface area contributed by atoms with E-state index >= 15 is 0 Å². The molecule has 1 aromatic carbocycles. The minimum absolute atomic E-state index is 0.0450. The van der Waals surface area contributed by atoms with Crippen LogP contribution in [0.3, 0.4) is 0 Å². The summed E-state index contributed by atoms with van der Waals surface area (Å²) in [6.07, 6.45) is 4.57. The van der Waals surface area contributed by atoms with Crippen LogP contribution in [0.15, 0.2) is 24.3 Å². The van der Waals surface area contributed by atoms with Crippen molar-refractivity contribution in [1.29, 1.82) is 0 Å². The fourth-order valence-corrected chi connectivity index (χ4v) is 2.10. The van der Waals surface area contributed by atoms with E-state index in [-0.39, 0.29) is 17.3 Å². The highest BCUT2D eigenvalue weighted by Gasteiger charge is 2.28. The summed E-state index contributed by atoms with van der Waals surface area (Å²) in [6, 6.07) is 2.60. The molecule has 7 heteroatoms. The van der Waals surface area contributed by atoms with Crippen LogP contribution in [0, 0.1) is 10.1 Å². The van der Waals surface area contributed by atoms with Crippen LogP contribution >= 0.6 is 0 Å². The first-order valence-electron chi connectivity index (χ1n) is 6.48. The van der Waals surface area contributed by atoms with Crippen molar-refractivity contribution < 1.29 is 19.2 Å². The van der Waals surface area contributed by atoms with Gasteiger partial charge in [0.2, 0.25) is 0 Å². The van der Waals surface area contributed by atoms with E-state index in [1.54, 1.807) is 0 Å². The van der Waals surface area contributed by atoms with Gasteiger partial charge in [-0.2, -0.15) is 0 Å². The quantitative estimate of drug-likeness (QED) is 0.397. The minimum Gasteiger partial charge on any atom is -0.489 e. The summed E-state index contributed by atoms with van der Waals surface area (Å²) in [5, 5.41) is 14.3. The molecule has 0 aliphatic carbocycles. The second kappa shape index (κ2) is 6.25. The number of nitro benzene ring substituents is 1. The van der Waals surface area contributed by atoms with Crippen LogP contribution in [0.4, 0.5) is 11.4 Å². The molecule has 1 aliphatic heterocycles. The van der Waals surface area contributed by atoms with Gasteiger partial charge in [0, 0.05) is 6.07 Å². The number of nitro groups is 1. The lowest BCUT2D eigenvalue weighted by molar-refractivity contribution is -0.384. The number of hydrogen-bond acceptors (Lipinski definition) is 6. The highest BCUT2D eigenvalue weighted by atomic mass is 16.6. The number of rotatable bonds is 4. The zero-order chi connectivity index (χ0) is 15.4. The summed E-state index contributed by atoms with van der Waals surface area (Å²) in [7, 11) is 1.22. The van der Waals surface area contributed by atoms with Gasteiger partial charge in [-0.05, 0) is 19.4 Å². The second-order valence-corrected chi connectivity index (χ2v) is 4.57. The van der Waals surface area contributed by atoms with Crippen molar-refractivity contribution in [2.45, 2.75) is 19.4 Å². The molecule has 0 saturated heterocycles. The van der Waals surface area contributed by atoms with E-state index in [1.807, 2.05) is 19.1 Å². The Labute approximate surface area is 121 Å². The maximum Gasteiger partial charge on any atom is 0.338 e. The number of anilines is 1. The molecular formula is C14H16N2O5. The number of nitrogens with one attached hydrogen (secondary N) is 1. The predicted molar refractivity (Wildman–Crippen MR) is 76.8 cm³/mol. The number of allylic oxidation sites excluding steroid dienone is 1. The Hall–Kier alpha value is -2.57. The van der Waals surface area contributed by atoms with Crippen molar-refractivity contribution in [3.05, 3.63) is 40.0 Å². The molecule has 0 amide bonds. The SMILES string of the molecule is CC=CCC1COc2cc(C(=O)OC)cc([N+](=O)[O-])c2N1. The largest absolute Gasteiger partial charge is 0.489 e. The molecule has 0 spiro atoms.